The highest BCUT2D eigenvalue weighted by atomic mass is 19.4. The second-order valence-corrected chi connectivity index (χ2v) is 6.10. The van der Waals surface area contributed by atoms with Crippen molar-refractivity contribution in [3.8, 4) is 5.75 Å². The van der Waals surface area contributed by atoms with Gasteiger partial charge in [-0.2, -0.15) is 0 Å². The predicted octanol–water partition coefficient (Wildman–Crippen LogP) is 4.23. The molecule has 1 heterocycles. The van der Waals surface area contributed by atoms with E-state index in [-0.39, 0.29) is 5.75 Å². The zero-order chi connectivity index (χ0) is 16.6. The van der Waals surface area contributed by atoms with Gasteiger partial charge in [0.25, 0.3) is 0 Å². The second-order valence-electron chi connectivity index (χ2n) is 6.10. The lowest BCUT2D eigenvalue weighted by Gasteiger charge is -2.32. The van der Waals surface area contributed by atoms with E-state index in [1.54, 1.807) is 12.1 Å². The zero-order valence-electron chi connectivity index (χ0n) is 12.9. The highest BCUT2D eigenvalue weighted by Gasteiger charge is 2.49. The van der Waals surface area contributed by atoms with Gasteiger partial charge >= 0.3 is 13.5 Å². The zero-order valence-corrected chi connectivity index (χ0v) is 12.9. The first-order chi connectivity index (χ1) is 9.98. The van der Waals surface area contributed by atoms with Crippen molar-refractivity contribution in [1.82, 2.24) is 0 Å². The molecule has 2 rings (SSSR count). The van der Waals surface area contributed by atoms with E-state index in [2.05, 4.69) is 4.74 Å². The van der Waals surface area contributed by atoms with E-state index in [1.165, 1.54) is 24.3 Å². The quantitative estimate of drug-likeness (QED) is 0.782. The van der Waals surface area contributed by atoms with E-state index in [0.29, 0.717) is 0 Å². The van der Waals surface area contributed by atoms with Crippen LogP contribution in [0.1, 0.15) is 33.3 Å². The largest absolute Gasteiger partial charge is 0.573 e. The topological polar surface area (TPSA) is 27.7 Å². The Morgan fingerprint density at radius 1 is 1.00 bits per heavy atom. The van der Waals surface area contributed by atoms with E-state index in [0.717, 1.165) is 5.56 Å². The molecule has 3 nitrogen and oxygen atoms in total. The monoisotopic (exact) mass is 314 g/mol. The van der Waals surface area contributed by atoms with Crippen LogP contribution in [-0.2, 0) is 9.31 Å². The lowest BCUT2D eigenvalue weighted by molar-refractivity contribution is -0.274. The molecule has 1 saturated heterocycles. The molecule has 22 heavy (non-hydrogen) atoms. The van der Waals surface area contributed by atoms with Gasteiger partial charge in [-0.25, -0.2) is 0 Å². The molecule has 1 aliphatic rings. The summed E-state index contributed by atoms with van der Waals surface area (Å²) >= 11 is 0. The van der Waals surface area contributed by atoms with Crippen molar-refractivity contribution >= 4 is 13.2 Å². The van der Waals surface area contributed by atoms with Crippen LogP contribution in [0.4, 0.5) is 13.2 Å². The smallest absolute Gasteiger partial charge is 0.406 e. The van der Waals surface area contributed by atoms with Gasteiger partial charge in [-0.05, 0) is 45.4 Å². The Morgan fingerprint density at radius 2 is 1.50 bits per heavy atom. The number of halogens is 3. The fraction of sp³-hybridized carbons (Fsp3) is 0.467. The SMILES string of the molecule is CC1(C)OB(C=Cc2ccc(OC(F)(F)F)cc2)OC1(C)C. The predicted molar refractivity (Wildman–Crippen MR) is 78.2 cm³/mol. The van der Waals surface area contributed by atoms with Crippen molar-refractivity contribution in [3.63, 3.8) is 0 Å². The molecule has 0 aromatic heterocycles. The van der Waals surface area contributed by atoms with Gasteiger partial charge in [-0.15, -0.1) is 13.2 Å². The maximum atomic E-state index is 12.1. The number of hydrogen-bond donors (Lipinski definition) is 0. The van der Waals surface area contributed by atoms with Gasteiger partial charge in [-0.1, -0.05) is 24.2 Å². The number of hydrogen-bond acceptors (Lipinski definition) is 3. The van der Waals surface area contributed by atoms with E-state index in [9.17, 15) is 13.2 Å². The lowest BCUT2D eigenvalue weighted by Crippen LogP contribution is -2.41. The standard InChI is InChI=1S/C15H18BF3O3/c1-13(2)14(3,4)22-16(21-13)10-9-11-5-7-12(8-6-11)20-15(17,18)19/h5-10H,1-4H3. The molecule has 0 unspecified atom stereocenters. The van der Waals surface area contributed by atoms with Crippen molar-refractivity contribution < 1.29 is 27.2 Å². The van der Waals surface area contributed by atoms with Crippen LogP contribution in [0.5, 0.6) is 5.75 Å². The van der Waals surface area contributed by atoms with Gasteiger partial charge < -0.3 is 14.0 Å². The molecule has 0 spiro atoms. The van der Waals surface area contributed by atoms with Crippen LogP contribution >= 0.6 is 0 Å². The van der Waals surface area contributed by atoms with Gasteiger partial charge in [0.05, 0.1) is 11.2 Å². The summed E-state index contributed by atoms with van der Waals surface area (Å²) in [5, 5.41) is 0. The van der Waals surface area contributed by atoms with Crippen molar-refractivity contribution in [2.75, 3.05) is 0 Å². The molecule has 0 atom stereocenters. The van der Waals surface area contributed by atoms with Gasteiger partial charge in [0.2, 0.25) is 0 Å². The molecule has 1 fully saturated rings. The first-order valence-corrected chi connectivity index (χ1v) is 6.88. The maximum absolute atomic E-state index is 12.1. The van der Waals surface area contributed by atoms with Crippen LogP contribution in [0.15, 0.2) is 30.2 Å². The Hall–Kier alpha value is -1.47. The first-order valence-electron chi connectivity index (χ1n) is 6.88. The lowest BCUT2D eigenvalue weighted by atomic mass is 9.89. The summed E-state index contributed by atoms with van der Waals surface area (Å²) in [6.45, 7) is 7.79. The molecule has 0 radical (unpaired) electrons. The van der Waals surface area contributed by atoms with E-state index in [4.69, 9.17) is 9.31 Å². The molecule has 0 N–H and O–H groups in total. The maximum Gasteiger partial charge on any atom is 0.573 e. The number of benzene rings is 1. The third kappa shape index (κ3) is 4.05. The van der Waals surface area contributed by atoms with Crippen LogP contribution in [0.25, 0.3) is 6.08 Å². The molecule has 7 heteroatoms. The normalized spacial score (nSPS) is 20.6. The first kappa shape index (κ1) is 16.9. The summed E-state index contributed by atoms with van der Waals surface area (Å²) < 4.78 is 51.6. The summed E-state index contributed by atoms with van der Waals surface area (Å²) in [5.41, 5.74) is -0.122. The van der Waals surface area contributed by atoms with Gasteiger partial charge in [-0.3, -0.25) is 0 Å². The minimum Gasteiger partial charge on any atom is -0.406 e. The molecular weight excluding hydrogens is 296 g/mol. The molecule has 0 saturated carbocycles. The molecule has 1 aliphatic heterocycles. The molecule has 1 aromatic carbocycles. The Labute approximate surface area is 128 Å². The number of rotatable bonds is 3. The summed E-state index contributed by atoms with van der Waals surface area (Å²) in [7, 11) is -0.490. The van der Waals surface area contributed by atoms with Crippen molar-refractivity contribution in [2.24, 2.45) is 0 Å². The van der Waals surface area contributed by atoms with Crippen LogP contribution in [0.2, 0.25) is 0 Å². The van der Waals surface area contributed by atoms with E-state index < -0.39 is 24.7 Å². The Bertz CT molecular complexity index is 534. The van der Waals surface area contributed by atoms with Crippen molar-refractivity contribution in [1.29, 1.82) is 0 Å². The summed E-state index contributed by atoms with van der Waals surface area (Å²) in [6, 6.07) is 5.58. The van der Waals surface area contributed by atoms with Crippen LogP contribution in [0.3, 0.4) is 0 Å². The van der Waals surface area contributed by atoms with Crippen molar-refractivity contribution in [2.45, 2.75) is 45.3 Å². The minimum atomic E-state index is -4.68. The van der Waals surface area contributed by atoms with Gasteiger partial charge in [0.15, 0.2) is 0 Å². The molecule has 0 bridgehead atoms. The summed E-state index contributed by atoms with van der Waals surface area (Å²) in [4.78, 5) is 0. The highest BCUT2D eigenvalue weighted by molar-refractivity contribution is 6.52. The highest BCUT2D eigenvalue weighted by Crippen LogP contribution is 2.37. The van der Waals surface area contributed by atoms with Gasteiger partial charge in [0, 0.05) is 0 Å². The van der Waals surface area contributed by atoms with Crippen LogP contribution < -0.4 is 4.74 Å². The Kier molecular flexibility index (Phi) is 4.32. The molecule has 0 amide bonds. The number of ether oxygens (including phenoxy) is 1. The van der Waals surface area contributed by atoms with Crippen LogP contribution in [0, 0.1) is 0 Å². The molecular formula is C15H18BF3O3. The fourth-order valence-electron chi connectivity index (χ4n) is 1.94. The van der Waals surface area contributed by atoms with E-state index >= 15 is 0 Å². The fourth-order valence-corrected chi connectivity index (χ4v) is 1.94. The van der Waals surface area contributed by atoms with E-state index in [1.807, 2.05) is 27.7 Å². The average Bonchev–Trinajstić information content (AvgIpc) is 2.55. The minimum absolute atomic E-state index is 0.250. The molecule has 120 valence electrons. The Balaban J connectivity index is 2.00. The average molecular weight is 314 g/mol. The van der Waals surface area contributed by atoms with Gasteiger partial charge in [0.1, 0.15) is 5.75 Å². The number of alkyl halides is 3. The third-order valence-corrected chi connectivity index (χ3v) is 3.83. The third-order valence-electron chi connectivity index (χ3n) is 3.83. The second kappa shape index (κ2) is 5.63. The summed E-state index contributed by atoms with van der Waals surface area (Å²) in [5.74, 6) is 1.48. The summed E-state index contributed by atoms with van der Waals surface area (Å²) in [6.07, 6.45) is -2.94. The molecule has 1 aromatic rings. The van der Waals surface area contributed by atoms with Crippen molar-refractivity contribution in [3.05, 3.63) is 35.8 Å². The van der Waals surface area contributed by atoms with Crippen LogP contribution in [-0.4, -0.2) is 24.7 Å². The Morgan fingerprint density at radius 3 is 1.95 bits per heavy atom. The molecule has 0 aliphatic carbocycles.